The molecule has 5 heteroatoms. The van der Waals surface area contributed by atoms with E-state index in [4.69, 9.17) is 5.26 Å². The summed E-state index contributed by atoms with van der Waals surface area (Å²) in [5.74, 6) is 0.819. The van der Waals surface area contributed by atoms with Crippen LogP contribution in [0.3, 0.4) is 0 Å². The van der Waals surface area contributed by atoms with Gasteiger partial charge in [-0.3, -0.25) is 14.6 Å². The molecule has 0 bridgehead atoms. The van der Waals surface area contributed by atoms with Crippen LogP contribution in [0.4, 0.5) is 0 Å². The second kappa shape index (κ2) is 7.55. The lowest BCUT2D eigenvalue weighted by Gasteiger charge is -2.39. The van der Waals surface area contributed by atoms with Gasteiger partial charge in [-0.15, -0.1) is 0 Å². The normalized spacial score (nSPS) is 26.4. The van der Waals surface area contributed by atoms with E-state index in [0.717, 1.165) is 39.3 Å². The second-order valence-corrected chi connectivity index (χ2v) is 7.45. The highest BCUT2D eigenvalue weighted by molar-refractivity contribution is 5.73. The van der Waals surface area contributed by atoms with Crippen LogP contribution < -0.4 is 0 Å². The van der Waals surface area contributed by atoms with Crippen molar-refractivity contribution in [3.8, 4) is 6.07 Å². The molecule has 5 nitrogen and oxygen atoms in total. The van der Waals surface area contributed by atoms with Crippen molar-refractivity contribution in [2.24, 2.45) is 5.92 Å². The van der Waals surface area contributed by atoms with Gasteiger partial charge in [-0.1, -0.05) is 19.1 Å². The predicted octanol–water partition coefficient (Wildman–Crippen LogP) is 2.10. The Hall–Kier alpha value is -1.90. The number of likely N-dealkylation sites (tertiary alicyclic amines) is 1. The molecule has 0 N–H and O–H groups in total. The molecule has 1 amide bonds. The number of piperazine rings is 1. The van der Waals surface area contributed by atoms with Gasteiger partial charge in [-0.25, -0.2) is 0 Å². The number of nitriles is 1. The molecule has 134 valence electrons. The Balaban J connectivity index is 1.61. The molecular weight excluding hydrogens is 312 g/mol. The lowest BCUT2D eigenvalue weighted by molar-refractivity contribution is -0.130. The molecule has 0 radical (unpaired) electrons. The first-order chi connectivity index (χ1) is 12.0. The van der Waals surface area contributed by atoms with Crippen molar-refractivity contribution in [2.75, 3.05) is 39.3 Å². The van der Waals surface area contributed by atoms with Crippen molar-refractivity contribution in [3.05, 3.63) is 35.4 Å². The fourth-order valence-electron chi connectivity index (χ4n) is 4.19. The molecule has 0 unspecified atom stereocenters. The molecule has 2 saturated heterocycles. The van der Waals surface area contributed by atoms with Gasteiger partial charge in [-0.2, -0.15) is 5.26 Å². The Morgan fingerprint density at radius 3 is 2.36 bits per heavy atom. The second-order valence-electron chi connectivity index (χ2n) is 7.45. The Bertz CT molecular complexity index is 643. The number of hydrogen-bond acceptors (Lipinski definition) is 4. The molecule has 3 rings (SSSR count). The van der Waals surface area contributed by atoms with Gasteiger partial charge in [0.1, 0.15) is 0 Å². The first-order valence-electron chi connectivity index (χ1n) is 9.23. The molecule has 0 aromatic heterocycles. The van der Waals surface area contributed by atoms with E-state index >= 15 is 0 Å². The zero-order valence-electron chi connectivity index (χ0n) is 15.5. The summed E-state index contributed by atoms with van der Waals surface area (Å²) in [6.07, 6.45) is 0. The van der Waals surface area contributed by atoms with Crippen molar-refractivity contribution < 1.29 is 4.79 Å². The summed E-state index contributed by atoms with van der Waals surface area (Å²) in [6.45, 7) is 12.1. The Labute approximate surface area is 150 Å². The molecule has 0 aliphatic carbocycles. The molecule has 25 heavy (non-hydrogen) atoms. The highest BCUT2D eigenvalue weighted by Crippen LogP contribution is 2.30. The van der Waals surface area contributed by atoms with E-state index < -0.39 is 0 Å². The summed E-state index contributed by atoms with van der Waals surface area (Å²) >= 11 is 0. The monoisotopic (exact) mass is 340 g/mol. The lowest BCUT2D eigenvalue weighted by Crippen LogP contribution is -2.53. The topological polar surface area (TPSA) is 50.6 Å². The molecule has 1 aromatic carbocycles. The first kappa shape index (κ1) is 17.9. The van der Waals surface area contributed by atoms with Gasteiger partial charge in [0.05, 0.1) is 11.6 Å². The summed E-state index contributed by atoms with van der Waals surface area (Å²) in [5, 5.41) is 8.95. The number of hydrogen-bond donors (Lipinski definition) is 0. The van der Waals surface area contributed by atoms with Gasteiger partial charge in [-0.05, 0) is 30.5 Å². The zero-order chi connectivity index (χ0) is 18.0. The average molecular weight is 340 g/mol. The number of carbonyl (C=O) groups is 1. The number of nitrogens with zero attached hydrogens (tertiary/aromatic N) is 4. The van der Waals surface area contributed by atoms with Gasteiger partial charge in [0.2, 0.25) is 5.91 Å². The minimum absolute atomic E-state index is 0.190. The third-order valence-corrected chi connectivity index (χ3v) is 5.90. The van der Waals surface area contributed by atoms with Gasteiger partial charge in [0.15, 0.2) is 0 Å². The number of amides is 1. The highest BCUT2D eigenvalue weighted by Gasteiger charge is 2.37. The number of carbonyl (C=O) groups excluding carboxylic acids is 1. The SMILES string of the molecule is CC(=O)N1CCN([C@@H]2CN([C@@H](C)c3ccc(C#N)cc3)C[C@@H]2C)CC1. The standard InChI is InChI=1S/C20H28N4O/c1-15-13-24(16(2)19-6-4-18(12-21)5-7-19)14-20(15)23-10-8-22(9-11-23)17(3)25/h4-7,15-16,20H,8-11,13-14H2,1-3H3/t15-,16-,20+/m0/s1. The van der Waals surface area contributed by atoms with Crippen LogP contribution in [0.15, 0.2) is 24.3 Å². The van der Waals surface area contributed by atoms with Crippen LogP contribution in [0.1, 0.15) is 37.9 Å². The Morgan fingerprint density at radius 2 is 1.80 bits per heavy atom. The van der Waals surface area contributed by atoms with Gasteiger partial charge < -0.3 is 4.90 Å². The quantitative estimate of drug-likeness (QED) is 0.846. The molecule has 2 aliphatic rings. The van der Waals surface area contributed by atoms with Crippen LogP contribution in [0, 0.1) is 17.2 Å². The van der Waals surface area contributed by atoms with Crippen molar-refractivity contribution in [1.82, 2.24) is 14.7 Å². The first-order valence-corrected chi connectivity index (χ1v) is 9.23. The van der Waals surface area contributed by atoms with Crippen LogP contribution in [-0.4, -0.2) is 65.9 Å². The molecule has 3 atom stereocenters. The molecule has 0 saturated carbocycles. The van der Waals surface area contributed by atoms with Gasteiger partial charge in [0.25, 0.3) is 0 Å². The summed E-state index contributed by atoms with van der Waals surface area (Å²) in [7, 11) is 0. The van der Waals surface area contributed by atoms with Gasteiger partial charge >= 0.3 is 0 Å². The summed E-state index contributed by atoms with van der Waals surface area (Å²) in [6, 6.07) is 11.1. The van der Waals surface area contributed by atoms with Crippen molar-refractivity contribution >= 4 is 5.91 Å². The van der Waals surface area contributed by atoms with Crippen LogP contribution in [-0.2, 0) is 4.79 Å². The average Bonchev–Trinajstić information content (AvgIpc) is 3.03. The third-order valence-electron chi connectivity index (χ3n) is 5.90. The Morgan fingerprint density at radius 1 is 1.16 bits per heavy atom. The molecular formula is C20H28N4O. The van der Waals surface area contributed by atoms with Crippen LogP contribution in [0.2, 0.25) is 0 Å². The molecule has 1 aromatic rings. The van der Waals surface area contributed by atoms with E-state index in [1.807, 2.05) is 17.0 Å². The van der Waals surface area contributed by atoms with Crippen molar-refractivity contribution in [2.45, 2.75) is 32.9 Å². The summed E-state index contributed by atoms with van der Waals surface area (Å²) in [4.78, 5) is 18.6. The van der Waals surface area contributed by atoms with E-state index in [9.17, 15) is 4.79 Å². The van der Waals surface area contributed by atoms with Gasteiger partial charge in [0, 0.05) is 58.3 Å². The summed E-state index contributed by atoms with van der Waals surface area (Å²) < 4.78 is 0. The minimum atomic E-state index is 0.190. The third kappa shape index (κ3) is 3.86. The van der Waals surface area contributed by atoms with Crippen molar-refractivity contribution in [1.29, 1.82) is 5.26 Å². The largest absolute Gasteiger partial charge is 0.340 e. The minimum Gasteiger partial charge on any atom is -0.340 e. The number of rotatable bonds is 3. The Kier molecular flexibility index (Phi) is 5.41. The highest BCUT2D eigenvalue weighted by atomic mass is 16.2. The summed E-state index contributed by atoms with van der Waals surface area (Å²) in [5.41, 5.74) is 1.99. The maximum absolute atomic E-state index is 11.5. The maximum Gasteiger partial charge on any atom is 0.219 e. The maximum atomic E-state index is 11.5. The molecule has 2 fully saturated rings. The van der Waals surface area contributed by atoms with Crippen molar-refractivity contribution in [3.63, 3.8) is 0 Å². The molecule has 2 aliphatic heterocycles. The van der Waals surface area contributed by atoms with Crippen LogP contribution >= 0.6 is 0 Å². The van der Waals surface area contributed by atoms with E-state index in [2.05, 4.69) is 41.8 Å². The van der Waals surface area contributed by atoms with E-state index in [-0.39, 0.29) is 5.91 Å². The fourth-order valence-corrected chi connectivity index (χ4v) is 4.19. The molecule has 2 heterocycles. The number of benzene rings is 1. The fraction of sp³-hybridized carbons (Fsp3) is 0.600. The zero-order valence-corrected chi connectivity index (χ0v) is 15.5. The van der Waals surface area contributed by atoms with E-state index in [1.54, 1.807) is 6.92 Å². The smallest absolute Gasteiger partial charge is 0.219 e. The molecule has 0 spiro atoms. The van der Waals surface area contributed by atoms with Crippen LogP contribution in [0.5, 0.6) is 0 Å². The van der Waals surface area contributed by atoms with Crippen LogP contribution in [0.25, 0.3) is 0 Å². The van der Waals surface area contributed by atoms with E-state index in [0.29, 0.717) is 23.6 Å². The van der Waals surface area contributed by atoms with E-state index in [1.165, 1.54) is 5.56 Å². The predicted molar refractivity (Wildman–Crippen MR) is 97.9 cm³/mol. The lowest BCUT2D eigenvalue weighted by atomic mass is 10.0.